The molecule has 1 heterocycles. The normalized spacial score (nSPS) is 20.4. The van der Waals surface area contributed by atoms with E-state index >= 15 is 0 Å². The Hall–Kier alpha value is -1.57. The summed E-state index contributed by atoms with van der Waals surface area (Å²) < 4.78 is 5.36. The van der Waals surface area contributed by atoms with Crippen molar-refractivity contribution in [3.8, 4) is 11.8 Å². The van der Waals surface area contributed by atoms with E-state index in [2.05, 4.69) is 23.2 Å². The summed E-state index contributed by atoms with van der Waals surface area (Å²) in [7, 11) is 1.67. The van der Waals surface area contributed by atoms with Crippen LogP contribution in [0.3, 0.4) is 0 Å². The van der Waals surface area contributed by atoms with Gasteiger partial charge in [-0.15, -0.1) is 0 Å². The molecule has 2 rings (SSSR count). The van der Waals surface area contributed by atoms with E-state index in [1.54, 1.807) is 13.2 Å². The molecule has 0 aliphatic carbocycles. The van der Waals surface area contributed by atoms with E-state index in [-0.39, 0.29) is 0 Å². The van der Waals surface area contributed by atoms with Crippen LogP contribution in [0.5, 0.6) is 5.75 Å². The molecule has 1 aromatic rings. The van der Waals surface area contributed by atoms with Crippen molar-refractivity contribution < 1.29 is 4.74 Å². The highest BCUT2D eigenvalue weighted by Crippen LogP contribution is 2.21. The number of nitriles is 1. The third-order valence-electron chi connectivity index (χ3n) is 3.26. The maximum Gasteiger partial charge on any atom is 0.123 e. The summed E-state index contributed by atoms with van der Waals surface area (Å²) in [5.41, 5.74) is 1.78. The van der Waals surface area contributed by atoms with Crippen LogP contribution >= 0.6 is 0 Å². The molecular formula is C14H19N3O. The van der Waals surface area contributed by atoms with Crippen molar-refractivity contribution in [3.63, 3.8) is 0 Å². The topological polar surface area (TPSA) is 48.3 Å². The van der Waals surface area contributed by atoms with Crippen molar-refractivity contribution >= 4 is 0 Å². The monoisotopic (exact) mass is 245 g/mol. The van der Waals surface area contributed by atoms with Crippen LogP contribution in [0.4, 0.5) is 0 Å². The number of nitrogens with one attached hydrogen (secondary N) is 1. The summed E-state index contributed by atoms with van der Waals surface area (Å²) in [6.07, 6.45) is 0. The highest BCUT2D eigenvalue weighted by Gasteiger charge is 2.17. The molecule has 18 heavy (non-hydrogen) atoms. The molecule has 0 radical (unpaired) electrons. The Morgan fingerprint density at radius 1 is 1.56 bits per heavy atom. The summed E-state index contributed by atoms with van der Waals surface area (Å²) in [5.74, 6) is 0.861. The minimum atomic E-state index is 0.517. The molecule has 1 atom stereocenters. The van der Waals surface area contributed by atoms with E-state index in [1.165, 1.54) is 0 Å². The minimum absolute atomic E-state index is 0.517. The smallest absolute Gasteiger partial charge is 0.123 e. The SMILES string of the molecule is COc1ccc(C#N)cc1CN1CCNC(C)C1. The lowest BCUT2D eigenvalue weighted by Gasteiger charge is -2.32. The molecule has 0 saturated carbocycles. The predicted molar refractivity (Wildman–Crippen MR) is 70.5 cm³/mol. The third-order valence-corrected chi connectivity index (χ3v) is 3.26. The maximum atomic E-state index is 8.96. The van der Waals surface area contributed by atoms with Gasteiger partial charge in [-0.25, -0.2) is 0 Å². The van der Waals surface area contributed by atoms with Crippen LogP contribution in [0.25, 0.3) is 0 Å². The lowest BCUT2D eigenvalue weighted by Crippen LogP contribution is -2.48. The summed E-state index contributed by atoms with van der Waals surface area (Å²) >= 11 is 0. The summed E-state index contributed by atoms with van der Waals surface area (Å²) in [6, 6.07) is 8.29. The number of nitrogens with zero attached hydrogens (tertiary/aromatic N) is 2. The average Bonchev–Trinajstić information content (AvgIpc) is 2.38. The molecule has 4 nitrogen and oxygen atoms in total. The van der Waals surface area contributed by atoms with Gasteiger partial charge in [0.2, 0.25) is 0 Å². The molecule has 0 amide bonds. The van der Waals surface area contributed by atoms with E-state index in [1.807, 2.05) is 12.1 Å². The highest BCUT2D eigenvalue weighted by atomic mass is 16.5. The zero-order valence-corrected chi connectivity index (χ0v) is 10.9. The van der Waals surface area contributed by atoms with Crippen molar-refractivity contribution in [1.82, 2.24) is 10.2 Å². The first-order valence-corrected chi connectivity index (χ1v) is 6.25. The molecule has 96 valence electrons. The second kappa shape index (κ2) is 5.85. The predicted octanol–water partition coefficient (Wildman–Crippen LogP) is 1.36. The summed E-state index contributed by atoms with van der Waals surface area (Å²) in [6.45, 7) is 6.10. The highest BCUT2D eigenvalue weighted by molar-refractivity contribution is 5.42. The number of piperazine rings is 1. The van der Waals surface area contributed by atoms with Crippen LogP contribution in [-0.2, 0) is 6.54 Å². The van der Waals surface area contributed by atoms with Crippen LogP contribution in [0.15, 0.2) is 18.2 Å². The van der Waals surface area contributed by atoms with Crippen LogP contribution in [0.1, 0.15) is 18.1 Å². The van der Waals surface area contributed by atoms with E-state index in [0.29, 0.717) is 11.6 Å². The summed E-state index contributed by atoms with van der Waals surface area (Å²) in [5, 5.41) is 12.4. The lowest BCUT2D eigenvalue weighted by atomic mass is 10.1. The first kappa shape index (κ1) is 12.9. The Bertz CT molecular complexity index is 453. The fraction of sp³-hybridized carbons (Fsp3) is 0.500. The zero-order chi connectivity index (χ0) is 13.0. The first-order valence-electron chi connectivity index (χ1n) is 6.25. The molecule has 1 unspecified atom stereocenters. The quantitative estimate of drug-likeness (QED) is 0.873. The molecular weight excluding hydrogens is 226 g/mol. The Balaban J connectivity index is 2.14. The number of hydrogen-bond acceptors (Lipinski definition) is 4. The van der Waals surface area contributed by atoms with Crippen molar-refractivity contribution in [2.24, 2.45) is 0 Å². The number of rotatable bonds is 3. The van der Waals surface area contributed by atoms with Crippen LogP contribution in [0, 0.1) is 11.3 Å². The molecule has 0 spiro atoms. The molecule has 1 fully saturated rings. The fourth-order valence-corrected chi connectivity index (χ4v) is 2.37. The molecule has 1 aliphatic rings. The van der Waals surface area contributed by atoms with Gasteiger partial charge in [0, 0.05) is 37.8 Å². The van der Waals surface area contributed by atoms with Crippen molar-refractivity contribution in [2.75, 3.05) is 26.7 Å². The van der Waals surface area contributed by atoms with Gasteiger partial charge >= 0.3 is 0 Å². The summed E-state index contributed by atoms with van der Waals surface area (Å²) in [4.78, 5) is 2.39. The minimum Gasteiger partial charge on any atom is -0.496 e. The average molecular weight is 245 g/mol. The number of benzene rings is 1. The molecule has 1 N–H and O–H groups in total. The van der Waals surface area contributed by atoms with E-state index in [4.69, 9.17) is 10.00 Å². The largest absolute Gasteiger partial charge is 0.496 e. The van der Waals surface area contributed by atoms with Gasteiger partial charge in [-0.2, -0.15) is 5.26 Å². The van der Waals surface area contributed by atoms with Gasteiger partial charge in [0.15, 0.2) is 0 Å². The fourth-order valence-electron chi connectivity index (χ4n) is 2.37. The van der Waals surface area contributed by atoms with E-state index in [9.17, 15) is 0 Å². The maximum absolute atomic E-state index is 8.96. The van der Waals surface area contributed by atoms with Gasteiger partial charge < -0.3 is 10.1 Å². The van der Waals surface area contributed by atoms with Gasteiger partial charge in [-0.3, -0.25) is 4.90 Å². The van der Waals surface area contributed by atoms with E-state index in [0.717, 1.165) is 37.5 Å². The Labute approximate surface area is 108 Å². The van der Waals surface area contributed by atoms with Crippen LogP contribution in [-0.4, -0.2) is 37.7 Å². The van der Waals surface area contributed by atoms with Crippen molar-refractivity contribution in [1.29, 1.82) is 5.26 Å². The van der Waals surface area contributed by atoms with Crippen molar-refractivity contribution in [3.05, 3.63) is 29.3 Å². The van der Waals surface area contributed by atoms with Crippen LogP contribution < -0.4 is 10.1 Å². The van der Waals surface area contributed by atoms with Gasteiger partial charge in [0.05, 0.1) is 18.7 Å². The van der Waals surface area contributed by atoms with Crippen LogP contribution in [0.2, 0.25) is 0 Å². The Morgan fingerprint density at radius 2 is 2.39 bits per heavy atom. The number of ether oxygens (including phenoxy) is 1. The molecule has 1 saturated heterocycles. The zero-order valence-electron chi connectivity index (χ0n) is 10.9. The second-order valence-corrected chi connectivity index (χ2v) is 4.73. The van der Waals surface area contributed by atoms with Crippen molar-refractivity contribution in [2.45, 2.75) is 19.5 Å². The third kappa shape index (κ3) is 3.00. The number of hydrogen-bond donors (Lipinski definition) is 1. The molecule has 0 aromatic heterocycles. The van der Waals surface area contributed by atoms with Gasteiger partial charge in [-0.05, 0) is 25.1 Å². The molecule has 1 aliphatic heterocycles. The molecule has 0 bridgehead atoms. The molecule has 4 heteroatoms. The Morgan fingerprint density at radius 3 is 3.06 bits per heavy atom. The second-order valence-electron chi connectivity index (χ2n) is 4.73. The Kier molecular flexibility index (Phi) is 4.19. The van der Waals surface area contributed by atoms with Gasteiger partial charge in [0.25, 0.3) is 0 Å². The standard InChI is InChI=1S/C14H19N3O/c1-11-9-17(6-5-16-11)10-13-7-12(8-15)3-4-14(13)18-2/h3-4,7,11,16H,5-6,9-10H2,1-2H3. The van der Waals surface area contributed by atoms with E-state index < -0.39 is 0 Å². The first-order chi connectivity index (χ1) is 8.72. The van der Waals surface area contributed by atoms with Gasteiger partial charge in [0.1, 0.15) is 5.75 Å². The lowest BCUT2D eigenvalue weighted by molar-refractivity contribution is 0.197. The number of methoxy groups -OCH3 is 1. The molecule has 1 aromatic carbocycles. The van der Waals surface area contributed by atoms with Gasteiger partial charge in [-0.1, -0.05) is 0 Å².